The zero-order valence-electron chi connectivity index (χ0n) is 15.4. The van der Waals surface area contributed by atoms with Gasteiger partial charge in [0.25, 0.3) is 0 Å². The molecule has 2 amide bonds. The van der Waals surface area contributed by atoms with Crippen LogP contribution in [0, 0.1) is 11.8 Å². The van der Waals surface area contributed by atoms with Gasteiger partial charge in [-0.2, -0.15) is 0 Å². The average Bonchev–Trinajstić information content (AvgIpc) is 3.04. The van der Waals surface area contributed by atoms with Crippen LogP contribution in [0.5, 0.6) is 0 Å². The maximum atomic E-state index is 12.6. The van der Waals surface area contributed by atoms with Crippen LogP contribution in [0.2, 0.25) is 0 Å². The van der Waals surface area contributed by atoms with Crippen LogP contribution in [0.3, 0.4) is 0 Å². The van der Waals surface area contributed by atoms with Gasteiger partial charge < -0.3 is 10.6 Å². The topological polar surface area (TPSA) is 89.2 Å². The molecular weight excluding hydrogens is 380 g/mol. The van der Waals surface area contributed by atoms with E-state index in [1.165, 1.54) is 28.6 Å². The second kappa shape index (κ2) is 7.75. The quantitative estimate of drug-likeness (QED) is 0.625. The fourth-order valence-corrected chi connectivity index (χ4v) is 6.33. The molecule has 27 heavy (non-hydrogen) atoms. The molecule has 2 aromatic heterocycles. The van der Waals surface area contributed by atoms with Crippen LogP contribution in [-0.4, -0.2) is 45.5 Å². The number of aryl methyl sites for hydroxylation is 1. The van der Waals surface area contributed by atoms with Gasteiger partial charge in [0.1, 0.15) is 16.2 Å². The number of rotatable bonds is 4. The van der Waals surface area contributed by atoms with Gasteiger partial charge in [-0.05, 0) is 43.6 Å². The Bertz CT molecular complexity index is 874. The molecule has 3 heterocycles. The van der Waals surface area contributed by atoms with Crippen LogP contribution >= 0.6 is 23.1 Å². The third-order valence-corrected chi connectivity index (χ3v) is 7.78. The minimum atomic E-state index is -0.253. The van der Waals surface area contributed by atoms with E-state index >= 15 is 0 Å². The molecule has 0 spiro atoms. The summed E-state index contributed by atoms with van der Waals surface area (Å²) in [7, 11) is 0. The van der Waals surface area contributed by atoms with E-state index in [-0.39, 0.29) is 17.7 Å². The molecule has 144 valence electrons. The Labute approximate surface area is 166 Å². The van der Waals surface area contributed by atoms with Gasteiger partial charge >= 0.3 is 0 Å². The Morgan fingerprint density at radius 1 is 1.30 bits per heavy atom. The lowest BCUT2D eigenvalue weighted by atomic mass is 9.89. The second-order valence-corrected chi connectivity index (χ2v) is 9.60. The molecule has 1 aliphatic heterocycles. The molecule has 0 aromatic carbocycles. The van der Waals surface area contributed by atoms with Crippen molar-refractivity contribution in [2.24, 2.45) is 17.6 Å². The molecule has 0 saturated carbocycles. The third kappa shape index (κ3) is 3.82. The van der Waals surface area contributed by atoms with Crippen LogP contribution in [0.1, 0.15) is 36.6 Å². The summed E-state index contributed by atoms with van der Waals surface area (Å²) < 4.78 is 0. The first-order valence-corrected chi connectivity index (χ1v) is 11.3. The number of thiophene rings is 1. The number of fused-ring (bicyclic) bond motifs is 3. The van der Waals surface area contributed by atoms with Crippen molar-refractivity contribution in [3.8, 4) is 0 Å². The summed E-state index contributed by atoms with van der Waals surface area (Å²) in [5.41, 5.74) is 6.76. The van der Waals surface area contributed by atoms with Gasteiger partial charge in [-0.1, -0.05) is 18.7 Å². The van der Waals surface area contributed by atoms with Gasteiger partial charge in [0.15, 0.2) is 0 Å². The first-order chi connectivity index (χ1) is 13.0. The number of carbonyl (C=O) groups excluding carboxylic acids is 2. The number of nitrogens with two attached hydrogens (primary N) is 1. The lowest BCUT2D eigenvalue weighted by molar-refractivity contribution is -0.132. The molecule has 1 fully saturated rings. The molecule has 0 bridgehead atoms. The lowest BCUT2D eigenvalue weighted by Gasteiger charge is -2.30. The first kappa shape index (κ1) is 18.7. The standard InChI is InChI=1S/C19H24N4O2S2/c1-11-2-3-13-14(8-11)27-19-16(13)18(21-10-22-19)26-9-15(24)23-6-4-12(5-7-23)17(20)25/h10-12H,2-9H2,1H3,(H2,20,25)/t11-/m0/s1. The van der Waals surface area contributed by atoms with Crippen LogP contribution < -0.4 is 5.73 Å². The minimum absolute atomic E-state index is 0.0945. The van der Waals surface area contributed by atoms with Gasteiger partial charge in [0.05, 0.1) is 5.75 Å². The number of aromatic nitrogens is 2. The second-order valence-electron chi connectivity index (χ2n) is 7.56. The Kier molecular flexibility index (Phi) is 5.36. The smallest absolute Gasteiger partial charge is 0.232 e. The van der Waals surface area contributed by atoms with E-state index in [1.54, 1.807) is 17.7 Å². The SMILES string of the molecule is C[C@H]1CCc2c(sc3ncnc(SCC(=O)N4CCC(C(N)=O)CC4)c23)C1. The summed E-state index contributed by atoms with van der Waals surface area (Å²) >= 11 is 3.29. The molecule has 0 unspecified atom stereocenters. The molecule has 2 aromatic rings. The molecule has 0 radical (unpaired) electrons. The maximum Gasteiger partial charge on any atom is 0.232 e. The zero-order valence-corrected chi connectivity index (χ0v) is 17.1. The number of likely N-dealkylation sites (tertiary alicyclic amines) is 1. The van der Waals surface area contributed by atoms with Crippen molar-refractivity contribution in [1.82, 2.24) is 14.9 Å². The minimum Gasteiger partial charge on any atom is -0.369 e. The highest BCUT2D eigenvalue weighted by molar-refractivity contribution is 8.00. The summed E-state index contributed by atoms with van der Waals surface area (Å²) in [5.74, 6) is 0.847. The van der Waals surface area contributed by atoms with Gasteiger partial charge in [0, 0.05) is 29.3 Å². The first-order valence-electron chi connectivity index (χ1n) is 9.48. The number of carbonyl (C=O) groups is 2. The summed E-state index contributed by atoms with van der Waals surface area (Å²) in [6.07, 6.45) is 6.34. The number of amides is 2. The van der Waals surface area contributed by atoms with Crippen molar-refractivity contribution in [3.05, 3.63) is 16.8 Å². The van der Waals surface area contributed by atoms with Gasteiger partial charge in [-0.3, -0.25) is 9.59 Å². The Hall–Kier alpha value is -1.67. The van der Waals surface area contributed by atoms with E-state index in [4.69, 9.17) is 5.73 Å². The molecule has 2 aliphatic rings. The fourth-order valence-electron chi connectivity index (χ4n) is 3.99. The van der Waals surface area contributed by atoms with E-state index in [2.05, 4.69) is 16.9 Å². The van der Waals surface area contributed by atoms with Crippen molar-refractivity contribution < 1.29 is 9.59 Å². The summed E-state index contributed by atoms with van der Waals surface area (Å²) in [5, 5.41) is 2.09. The van der Waals surface area contributed by atoms with Crippen molar-refractivity contribution in [3.63, 3.8) is 0 Å². The van der Waals surface area contributed by atoms with Crippen LogP contribution in [-0.2, 0) is 22.4 Å². The summed E-state index contributed by atoms with van der Waals surface area (Å²) in [6.45, 7) is 3.52. The fraction of sp³-hybridized carbons (Fsp3) is 0.579. The van der Waals surface area contributed by atoms with Gasteiger partial charge in [-0.15, -0.1) is 11.3 Å². The van der Waals surface area contributed by atoms with E-state index in [0.717, 1.165) is 34.0 Å². The van der Waals surface area contributed by atoms with E-state index in [0.29, 0.717) is 31.7 Å². The molecule has 2 N–H and O–H groups in total. The Morgan fingerprint density at radius 2 is 2.07 bits per heavy atom. The Morgan fingerprint density at radius 3 is 2.81 bits per heavy atom. The highest BCUT2D eigenvalue weighted by atomic mass is 32.2. The van der Waals surface area contributed by atoms with Crippen molar-refractivity contribution in [1.29, 1.82) is 0 Å². The highest BCUT2D eigenvalue weighted by Gasteiger charge is 2.27. The van der Waals surface area contributed by atoms with Crippen molar-refractivity contribution >= 4 is 45.1 Å². The number of primary amides is 1. The van der Waals surface area contributed by atoms with Gasteiger partial charge in [0.2, 0.25) is 11.8 Å². The molecule has 1 saturated heterocycles. The molecule has 1 atom stereocenters. The van der Waals surface area contributed by atoms with E-state index in [1.807, 2.05) is 4.90 Å². The van der Waals surface area contributed by atoms with E-state index in [9.17, 15) is 9.59 Å². The highest BCUT2D eigenvalue weighted by Crippen LogP contribution is 2.40. The monoisotopic (exact) mass is 404 g/mol. The third-order valence-electron chi connectivity index (χ3n) is 5.64. The Balaban J connectivity index is 1.45. The number of piperidine rings is 1. The lowest BCUT2D eigenvalue weighted by Crippen LogP contribution is -2.42. The molecule has 8 heteroatoms. The molecule has 4 rings (SSSR count). The number of hydrogen-bond acceptors (Lipinski definition) is 6. The predicted molar refractivity (Wildman–Crippen MR) is 108 cm³/mol. The van der Waals surface area contributed by atoms with Gasteiger partial charge in [-0.25, -0.2) is 9.97 Å². The predicted octanol–water partition coefficient (Wildman–Crippen LogP) is 2.63. The number of nitrogens with zero attached hydrogens (tertiary/aromatic N) is 3. The summed E-state index contributed by atoms with van der Waals surface area (Å²) in [6, 6.07) is 0. The van der Waals surface area contributed by atoms with Crippen LogP contribution in [0.15, 0.2) is 11.4 Å². The zero-order chi connectivity index (χ0) is 19.0. The normalized spacial score (nSPS) is 20.6. The number of hydrogen-bond donors (Lipinski definition) is 1. The molecular formula is C19H24N4O2S2. The largest absolute Gasteiger partial charge is 0.369 e. The van der Waals surface area contributed by atoms with Crippen molar-refractivity contribution in [2.45, 2.75) is 44.1 Å². The van der Waals surface area contributed by atoms with Crippen LogP contribution in [0.4, 0.5) is 0 Å². The van der Waals surface area contributed by atoms with E-state index < -0.39 is 0 Å². The van der Waals surface area contributed by atoms with Crippen LogP contribution in [0.25, 0.3) is 10.2 Å². The molecule has 6 nitrogen and oxygen atoms in total. The number of thioether (sulfide) groups is 1. The maximum absolute atomic E-state index is 12.6. The van der Waals surface area contributed by atoms with Crippen molar-refractivity contribution in [2.75, 3.05) is 18.8 Å². The summed E-state index contributed by atoms with van der Waals surface area (Å²) in [4.78, 5) is 37.2. The average molecular weight is 405 g/mol. The molecule has 1 aliphatic carbocycles.